The molecule has 4 heterocycles. The normalized spacial score (nSPS) is 17.6. The second-order valence-corrected chi connectivity index (χ2v) is 8.94. The summed E-state index contributed by atoms with van der Waals surface area (Å²) in [6.07, 6.45) is 3.35. The molecule has 168 valence electrons. The van der Waals surface area contributed by atoms with E-state index in [1.165, 1.54) is 30.1 Å². The molecule has 1 aliphatic heterocycles. The quantitative estimate of drug-likeness (QED) is 0.465. The highest BCUT2D eigenvalue weighted by Gasteiger charge is 2.30. The molecule has 0 aliphatic carbocycles. The summed E-state index contributed by atoms with van der Waals surface area (Å²) in [6, 6.07) is 13.7. The first kappa shape index (κ1) is 21.9. The summed E-state index contributed by atoms with van der Waals surface area (Å²) < 4.78 is 15.2. The fraction of sp³-hybridized carbons (Fsp3) is 0.167. The highest BCUT2D eigenvalue weighted by molar-refractivity contribution is 7.99. The van der Waals surface area contributed by atoms with Crippen molar-refractivity contribution in [3.05, 3.63) is 71.9 Å². The lowest BCUT2D eigenvalue weighted by Gasteiger charge is -2.16. The van der Waals surface area contributed by atoms with Crippen molar-refractivity contribution in [1.82, 2.24) is 14.6 Å². The molecule has 1 saturated heterocycles. The molecule has 34 heavy (non-hydrogen) atoms. The van der Waals surface area contributed by atoms with Crippen LogP contribution in [-0.4, -0.2) is 50.1 Å². The second-order valence-electron chi connectivity index (χ2n) is 7.86. The van der Waals surface area contributed by atoms with E-state index >= 15 is 0 Å². The van der Waals surface area contributed by atoms with Gasteiger partial charge in [0.2, 0.25) is 0 Å². The van der Waals surface area contributed by atoms with Gasteiger partial charge in [-0.3, -0.25) is 0 Å². The van der Waals surface area contributed by atoms with Gasteiger partial charge in [-0.2, -0.15) is 15.6 Å². The van der Waals surface area contributed by atoms with Crippen LogP contribution in [0.25, 0.3) is 16.6 Å². The van der Waals surface area contributed by atoms with Gasteiger partial charge in [0.05, 0.1) is 35.0 Å². The molecule has 1 fully saturated rings. The summed E-state index contributed by atoms with van der Waals surface area (Å²) >= 11 is 1.26. The molecule has 1 aromatic carbocycles. The number of anilines is 1. The van der Waals surface area contributed by atoms with E-state index in [2.05, 4.69) is 16.2 Å². The number of fused-ring (bicyclic) bond motifs is 1. The number of halogens is 1. The van der Waals surface area contributed by atoms with Crippen molar-refractivity contribution in [3.63, 3.8) is 0 Å². The van der Waals surface area contributed by atoms with Crippen molar-refractivity contribution in [1.29, 1.82) is 10.5 Å². The van der Waals surface area contributed by atoms with Gasteiger partial charge in [-0.05, 0) is 36.4 Å². The molecule has 0 spiro atoms. The number of aliphatic hydroxyl groups excluding tert-OH is 2. The lowest BCUT2D eigenvalue weighted by Crippen LogP contribution is -2.22. The highest BCUT2D eigenvalue weighted by atomic mass is 32.2. The van der Waals surface area contributed by atoms with Gasteiger partial charge in [0.25, 0.3) is 0 Å². The minimum atomic E-state index is -0.803. The van der Waals surface area contributed by atoms with Crippen molar-refractivity contribution in [3.8, 4) is 23.3 Å². The van der Waals surface area contributed by atoms with Crippen molar-refractivity contribution in [2.24, 2.45) is 0 Å². The maximum atomic E-state index is 13.6. The monoisotopic (exact) mass is 472 g/mol. The van der Waals surface area contributed by atoms with Gasteiger partial charge in [-0.1, -0.05) is 11.8 Å². The van der Waals surface area contributed by atoms with Crippen LogP contribution in [0.1, 0.15) is 11.1 Å². The summed E-state index contributed by atoms with van der Waals surface area (Å²) in [5.74, 6) is 0.150. The molecule has 0 radical (unpaired) electrons. The molecule has 1 aliphatic rings. The van der Waals surface area contributed by atoms with Crippen LogP contribution >= 0.6 is 11.8 Å². The number of β-amino-alcohol motifs (C(OH)–C–C–N with tert-alkyl or cyclic N) is 2. The van der Waals surface area contributed by atoms with Crippen LogP contribution in [-0.2, 0) is 0 Å². The molecular weight excluding hydrogens is 455 g/mol. The number of benzene rings is 1. The Labute approximate surface area is 198 Å². The Morgan fingerprint density at radius 1 is 0.941 bits per heavy atom. The van der Waals surface area contributed by atoms with Gasteiger partial charge in [-0.25, -0.2) is 13.9 Å². The lowest BCUT2D eigenvalue weighted by molar-refractivity contribution is 0.0572. The maximum absolute atomic E-state index is 13.6. The average Bonchev–Trinajstić information content (AvgIpc) is 3.42. The summed E-state index contributed by atoms with van der Waals surface area (Å²) in [5.41, 5.74) is 2.75. The zero-order valence-corrected chi connectivity index (χ0v) is 18.4. The van der Waals surface area contributed by atoms with Crippen molar-refractivity contribution in [2.45, 2.75) is 22.0 Å². The van der Waals surface area contributed by atoms with E-state index in [0.717, 1.165) is 11.1 Å². The Bertz CT molecular complexity index is 1460. The summed E-state index contributed by atoms with van der Waals surface area (Å²) in [4.78, 5) is 7.55. The minimum Gasteiger partial charge on any atom is -0.389 e. The maximum Gasteiger partial charge on any atom is 0.128 e. The van der Waals surface area contributed by atoms with E-state index in [4.69, 9.17) is 0 Å². The molecule has 8 nitrogen and oxygen atoms in total. The number of nitriles is 2. The number of nitrogens with zero attached hydrogens (tertiary/aromatic N) is 6. The topological polar surface area (TPSA) is 121 Å². The Hall–Kier alpha value is -3.96. The Kier molecular flexibility index (Phi) is 5.64. The van der Waals surface area contributed by atoms with Gasteiger partial charge in [0, 0.05) is 46.4 Å². The zero-order valence-electron chi connectivity index (χ0n) is 17.6. The van der Waals surface area contributed by atoms with Gasteiger partial charge in [-0.15, -0.1) is 0 Å². The molecule has 0 unspecified atom stereocenters. The molecule has 0 saturated carbocycles. The fourth-order valence-corrected chi connectivity index (χ4v) is 4.97. The fourth-order valence-electron chi connectivity index (χ4n) is 3.90. The molecule has 5 rings (SSSR count). The van der Waals surface area contributed by atoms with Crippen LogP contribution in [0.15, 0.2) is 64.8 Å². The third-order valence-corrected chi connectivity index (χ3v) is 6.75. The zero-order chi connectivity index (χ0) is 23.8. The van der Waals surface area contributed by atoms with Crippen molar-refractivity contribution in [2.75, 3.05) is 18.0 Å². The van der Waals surface area contributed by atoms with E-state index in [-0.39, 0.29) is 5.56 Å². The van der Waals surface area contributed by atoms with E-state index in [1.54, 1.807) is 23.0 Å². The number of aliphatic hydroxyl groups is 2. The second kappa shape index (κ2) is 8.76. The van der Waals surface area contributed by atoms with E-state index in [9.17, 15) is 25.1 Å². The van der Waals surface area contributed by atoms with Gasteiger partial charge in [0.1, 0.15) is 23.8 Å². The number of aromatic nitrogens is 3. The van der Waals surface area contributed by atoms with Crippen LogP contribution in [0.2, 0.25) is 0 Å². The molecule has 3 aromatic heterocycles. The third kappa shape index (κ3) is 3.95. The third-order valence-electron chi connectivity index (χ3n) is 5.64. The predicted molar refractivity (Wildman–Crippen MR) is 123 cm³/mol. The molecule has 0 amide bonds. The van der Waals surface area contributed by atoms with E-state index in [0.29, 0.717) is 39.8 Å². The summed E-state index contributed by atoms with van der Waals surface area (Å²) in [5, 5.41) is 42.9. The van der Waals surface area contributed by atoms with E-state index in [1.807, 2.05) is 29.2 Å². The first-order chi connectivity index (χ1) is 16.5. The number of rotatable bonds is 4. The molecule has 10 heteroatoms. The first-order valence-corrected chi connectivity index (χ1v) is 11.1. The van der Waals surface area contributed by atoms with Gasteiger partial charge >= 0.3 is 0 Å². The van der Waals surface area contributed by atoms with Crippen molar-refractivity contribution < 1.29 is 14.6 Å². The molecule has 2 atom stereocenters. The van der Waals surface area contributed by atoms with Crippen LogP contribution in [0.5, 0.6) is 0 Å². The molecule has 0 bridgehead atoms. The summed E-state index contributed by atoms with van der Waals surface area (Å²) in [7, 11) is 0. The standard InChI is InChI=1S/C24H17FN6O2S/c25-18-2-3-21(15(5-18)7-26)34-22-6-16(11-31-24(22)17(8-27)10-29-31)14-1-4-23(28-9-14)30-12-19(32)20(33)13-30/h1-6,9-11,19-20,32-33H,12-13H2/t19-,20-/m0/s1. The van der Waals surface area contributed by atoms with Crippen molar-refractivity contribution >= 4 is 23.1 Å². The number of pyridine rings is 2. The summed E-state index contributed by atoms with van der Waals surface area (Å²) in [6.45, 7) is 0.618. The van der Waals surface area contributed by atoms with Gasteiger partial charge in [0.15, 0.2) is 0 Å². The predicted octanol–water partition coefficient (Wildman–Crippen LogP) is 2.97. The largest absolute Gasteiger partial charge is 0.389 e. The highest BCUT2D eigenvalue weighted by Crippen LogP contribution is 2.37. The Balaban J connectivity index is 1.55. The Morgan fingerprint density at radius 3 is 2.38 bits per heavy atom. The number of hydrogen-bond donors (Lipinski definition) is 2. The smallest absolute Gasteiger partial charge is 0.128 e. The van der Waals surface area contributed by atoms with Crippen LogP contribution in [0, 0.1) is 28.5 Å². The van der Waals surface area contributed by atoms with Crippen LogP contribution in [0.3, 0.4) is 0 Å². The van der Waals surface area contributed by atoms with Crippen LogP contribution < -0.4 is 4.90 Å². The number of hydrogen-bond acceptors (Lipinski definition) is 8. The molecule has 4 aromatic rings. The molecular formula is C24H17FN6O2S. The average molecular weight is 473 g/mol. The van der Waals surface area contributed by atoms with E-state index < -0.39 is 18.0 Å². The first-order valence-electron chi connectivity index (χ1n) is 10.3. The Morgan fingerprint density at radius 2 is 1.71 bits per heavy atom. The minimum absolute atomic E-state index is 0.201. The lowest BCUT2D eigenvalue weighted by atomic mass is 10.1. The van der Waals surface area contributed by atoms with Crippen LogP contribution in [0.4, 0.5) is 10.2 Å². The van der Waals surface area contributed by atoms with Gasteiger partial charge < -0.3 is 15.1 Å². The molecule has 2 N–H and O–H groups in total. The SMILES string of the molecule is N#Cc1cc(F)ccc1Sc1cc(-c2ccc(N3C[C@H](O)[C@@H](O)C3)nc2)cn2ncc(C#N)c12.